The van der Waals surface area contributed by atoms with Crippen molar-refractivity contribution < 1.29 is 8.42 Å². The molecule has 7 heteroatoms. The Bertz CT molecular complexity index is 1100. The molecule has 0 aliphatic heterocycles. The largest absolute Gasteiger partial charge is 0.356 e. The molecule has 2 N–H and O–H groups in total. The van der Waals surface area contributed by atoms with Gasteiger partial charge in [0.15, 0.2) is 14.9 Å². The number of thioether (sulfide) groups is 1. The van der Waals surface area contributed by atoms with E-state index in [1.807, 2.05) is 54.2 Å². The highest BCUT2D eigenvalue weighted by Crippen LogP contribution is 2.23. The molecule has 0 heterocycles. The highest BCUT2D eigenvalue weighted by Gasteiger charge is 2.13. The van der Waals surface area contributed by atoms with Crippen LogP contribution in [-0.2, 0) is 15.6 Å². The molecule has 31 heavy (non-hydrogen) atoms. The van der Waals surface area contributed by atoms with Gasteiger partial charge in [0.25, 0.3) is 0 Å². The maximum atomic E-state index is 11.7. The second-order valence-corrected chi connectivity index (χ2v) is 10.7. The standard InChI is InChI=1S/C24H26N2O2S3/c1-3-23(19-11-15-22(16-12-19)31(2,27)28)26-24(29)25-20-13-9-18(10-14-20)17-30-21-7-5-4-6-8-21/h4-16,23H,3,17H2,1-2H3,(H2,25,26,29)/t23-/m1/s1. The van der Waals surface area contributed by atoms with Crippen molar-refractivity contribution in [2.45, 2.75) is 34.9 Å². The SMILES string of the molecule is CC[C@@H](NC(=S)Nc1ccc(CSc2ccccc2)cc1)c1ccc(S(C)(=O)=O)cc1. The van der Waals surface area contributed by atoms with Crippen LogP contribution in [0.4, 0.5) is 5.69 Å². The fraction of sp³-hybridized carbons (Fsp3) is 0.208. The molecule has 0 aliphatic carbocycles. The van der Waals surface area contributed by atoms with Crippen LogP contribution in [0.5, 0.6) is 0 Å². The first-order valence-electron chi connectivity index (χ1n) is 9.99. The first-order chi connectivity index (χ1) is 14.8. The van der Waals surface area contributed by atoms with Gasteiger partial charge in [0.1, 0.15) is 0 Å². The van der Waals surface area contributed by atoms with Crippen molar-refractivity contribution in [1.82, 2.24) is 5.32 Å². The van der Waals surface area contributed by atoms with Crippen molar-refractivity contribution in [2.24, 2.45) is 0 Å². The zero-order valence-corrected chi connectivity index (χ0v) is 20.0. The lowest BCUT2D eigenvalue weighted by atomic mass is 10.1. The van der Waals surface area contributed by atoms with Crippen LogP contribution in [0.1, 0.15) is 30.5 Å². The maximum Gasteiger partial charge on any atom is 0.175 e. The molecule has 0 saturated heterocycles. The molecule has 0 radical (unpaired) electrons. The van der Waals surface area contributed by atoms with Gasteiger partial charge in [-0.1, -0.05) is 49.4 Å². The van der Waals surface area contributed by atoms with Crippen LogP contribution in [0, 0.1) is 0 Å². The summed E-state index contributed by atoms with van der Waals surface area (Å²) in [6.07, 6.45) is 2.03. The van der Waals surface area contributed by atoms with Crippen LogP contribution in [0.15, 0.2) is 88.7 Å². The second-order valence-electron chi connectivity index (χ2n) is 7.20. The highest BCUT2D eigenvalue weighted by atomic mass is 32.2. The summed E-state index contributed by atoms with van der Waals surface area (Å²) in [4.78, 5) is 1.57. The molecular formula is C24H26N2O2S3. The first kappa shape index (κ1) is 23.3. The molecule has 0 bridgehead atoms. The number of thiocarbonyl (C=S) groups is 1. The number of hydrogen-bond acceptors (Lipinski definition) is 4. The quantitative estimate of drug-likeness (QED) is 0.320. The molecule has 0 spiro atoms. The second kappa shape index (κ2) is 10.8. The van der Waals surface area contributed by atoms with Crippen LogP contribution < -0.4 is 10.6 Å². The Balaban J connectivity index is 1.55. The van der Waals surface area contributed by atoms with Crippen molar-refractivity contribution >= 4 is 44.6 Å². The molecule has 3 aromatic rings. The molecule has 0 aromatic heterocycles. The van der Waals surface area contributed by atoms with Crippen LogP contribution in [0.3, 0.4) is 0 Å². The van der Waals surface area contributed by atoms with Crippen LogP contribution >= 0.6 is 24.0 Å². The van der Waals surface area contributed by atoms with Gasteiger partial charge in [0.05, 0.1) is 10.9 Å². The summed E-state index contributed by atoms with van der Waals surface area (Å²) >= 11 is 7.30. The van der Waals surface area contributed by atoms with Gasteiger partial charge in [0, 0.05) is 22.6 Å². The Hall–Kier alpha value is -2.35. The number of benzene rings is 3. The Kier molecular flexibility index (Phi) is 8.12. The van der Waals surface area contributed by atoms with Gasteiger partial charge < -0.3 is 10.6 Å². The van der Waals surface area contributed by atoms with E-state index in [0.717, 1.165) is 23.4 Å². The highest BCUT2D eigenvalue weighted by molar-refractivity contribution is 7.98. The minimum atomic E-state index is -3.20. The van der Waals surface area contributed by atoms with Gasteiger partial charge in [-0.2, -0.15) is 0 Å². The first-order valence-corrected chi connectivity index (χ1v) is 13.3. The summed E-state index contributed by atoms with van der Waals surface area (Å²) in [5.74, 6) is 0.911. The minimum Gasteiger partial charge on any atom is -0.356 e. The summed E-state index contributed by atoms with van der Waals surface area (Å²) in [6, 6.07) is 25.5. The lowest BCUT2D eigenvalue weighted by Crippen LogP contribution is -2.32. The van der Waals surface area contributed by atoms with Crippen LogP contribution in [0.2, 0.25) is 0 Å². The van der Waals surface area contributed by atoms with E-state index in [4.69, 9.17) is 12.2 Å². The lowest BCUT2D eigenvalue weighted by molar-refractivity contribution is 0.601. The van der Waals surface area contributed by atoms with Gasteiger partial charge >= 0.3 is 0 Å². The third-order valence-corrected chi connectivity index (χ3v) is 7.22. The van der Waals surface area contributed by atoms with E-state index in [1.54, 1.807) is 12.1 Å². The lowest BCUT2D eigenvalue weighted by Gasteiger charge is -2.20. The summed E-state index contributed by atoms with van der Waals surface area (Å²) in [7, 11) is -3.20. The van der Waals surface area contributed by atoms with Gasteiger partial charge in [-0.05, 0) is 66.2 Å². The van der Waals surface area contributed by atoms with E-state index in [2.05, 4.69) is 41.8 Å². The molecule has 0 aliphatic rings. The van der Waals surface area contributed by atoms with Crippen molar-refractivity contribution in [3.05, 3.63) is 90.0 Å². The van der Waals surface area contributed by atoms with E-state index in [-0.39, 0.29) is 6.04 Å². The summed E-state index contributed by atoms with van der Waals surface area (Å²) in [5, 5.41) is 7.08. The number of nitrogens with one attached hydrogen (secondary N) is 2. The molecule has 0 saturated carbocycles. The molecular weight excluding hydrogens is 444 g/mol. The normalized spacial score (nSPS) is 12.2. The number of hydrogen-bond donors (Lipinski definition) is 2. The molecule has 0 amide bonds. The van der Waals surface area contributed by atoms with E-state index < -0.39 is 9.84 Å². The van der Waals surface area contributed by atoms with Crippen molar-refractivity contribution in [2.75, 3.05) is 11.6 Å². The van der Waals surface area contributed by atoms with E-state index in [0.29, 0.717) is 10.0 Å². The fourth-order valence-corrected chi connectivity index (χ4v) is 4.83. The molecule has 0 fully saturated rings. The Morgan fingerprint density at radius 2 is 1.61 bits per heavy atom. The average Bonchev–Trinajstić information content (AvgIpc) is 2.77. The zero-order valence-electron chi connectivity index (χ0n) is 17.5. The van der Waals surface area contributed by atoms with Crippen LogP contribution in [-0.4, -0.2) is 19.8 Å². The Labute approximate surface area is 194 Å². The molecule has 0 unspecified atom stereocenters. The number of rotatable bonds is 8. The summed E-state index contributed by atoms with van der Waals surface area (Å²) in [6.45, 7) is 2.06. The monoisotopic (exact) mass is 470 g/mol. The predicted molar refractivity (Wildman–Crippen MR) is 134 cm³/mol. The minimum absolute atomic E-state index is 0.00449. The Morgan fingerprint density at radius 1 is 0.968 bits per heavy atom. The van der Waals surface area contributed by atoms with Gasteiger partial charge in [0.2, 0.25) is 0 Å². The third-order valence-electron chi connectivity index (χ3n) is 4.78. The molecule has 3 aromatic carbocycles. The van der Waals surface area contributed by atoms with E-state index in [1.165, 1.54) is 16.7 Å². The molecule has 4 nitrogen and oxygen atoms in total. The predicted octanol–water partition coefficient (Wildman–Crippen LogP) is 5.82. The van der Waals surface area contributed by atoms with E-state index >= 15 is 0 Å². The fourth-order valence-electron chi connectivity index (χ4n) is 3.06. The topological polar surface area (TPSA) is 58.2 Å². The maximum absolute atomic E-state index is 11.7. The number of anilines is 1. The third kappa shape index (κ3) is 7.09. The molecule has 162 valence electrons. The van der Waals surface area contributed by atoms with Crippen molar-refractivity contribution in [1.29, 1.82) is 0 Å². The average molecular weight is 471 g/mol. The van der Waals surface area contributed by atoms with Gasteiger partial charge in [-0.15, -0.1) is 11.8 Å². The van der Waals surface area contributed by atoms with Crippen molar-refractivity contribution in [3.63, 3.8) is 0 Å². The molecule has 1 atom stereocenters. The van der Waals surface area contributed by atoms with Gasteiger partial charge in [-0.25, -0.2) is 8.42 Å². The zero-order chi connectivity index (χ0) is 22.3. The molecule has 3 rings (SSSR count). The number of sulfone groups is 1. The summed E-state index contributed by atoms with van der Waals surface area (Å²) < 4.78 is 23.3. The summed E-state index contributed by atoms with van der Waals surface area (Å²) in [5.41, 5.74) is 3.16. The smallest absolute Gasteiger partial charge is 0.175 e. The van der Waals surface area contributed by atoms with E-state index in [9.17, 15) is 8.42 Å². The van der Waals surface area contributed by atoms with Crippen molar-refractivity contribution in [3.8, 4) is 0 Å². The Morgan fingerprint density at radius 3 is 2.19 bits per heavy atom. The van der Waals surface area contributed by atoms with Crippen LogP contribution in [0.25, 0.3) is 0 Å². The van der Waals surface area contributed by atoms with Gasteiger partial charge in [-0.3, -0.25) is 0 Å².